The van der Waals surface area contributed by atoms with Crippen LogP contribution in [0.3, 0.4) is 0 Å². The molecule has 0 N–H and O–H groups in total. The van der Waals surface area contributed by atoms with Crippen LogP contribution in [0.15, 0.2) is 28.7 Å². The van der Waals surface area contributed by atoms with Crippen molar-refractivity contribution in [2.75, 3.05) is 7.11 Å². The molecule has 1 aromatic carbocycles. The molecule has 19 heavy (non-hydrogen) atoms. The number of methoxy groups -OCH3 is 1. The quantitative estimate of drug-likeness (QED) is 0.633. The van der Waals surface area contributed by atoms with Crippen molar-refractivity contribution in [3.63, 3.8) is 0 Å². The lowest BCUT2D eigenvalue weighted by Gasteiger charge is -2.07. The van der Waals surface area contributed by atoms with Crippen molar-refractivity contribution >= 4 is 12.3 Å². The van der Waals surface area contributed by atoms with Gasteiger partial charge in [0.1, 0.15) is 5.76 Å². The highest BCUT2D eigenvalue weighted by Crippen LogP contribution is 2.30. The van der Waals surface area contributed by atoms with E-state index in [1.807, 2.05) is 0 Å². The molecule has 0 aliphatic carbocycles. The third kappa shape index (κ3) is 2.24. The number of aldehydes is 1. The third-order valence-corrected chi connectivity index (χ3v) is 2.49. The number of carbonyl (C=O) groups excluding carboxylic acids is 2. The van der Waals surface area contributed by atoms with Gasteiger partial charge in [-0.3, -0.25) is 4.79 Å². The van der Waals surface area contributed by atoms with E-state index in [0.29, 0.717) is 6.29 Å². The summed E-state index contributed by atoms with van der Waals surface area (Å²) in [6.45, 7) is 0. The number of hydrogen-bond donors (Lipinski definition) is 0. The van der Waals surface area contributed by atoms with Gasteiger partial charge in [-0.1, -0.05) is 0 Å². The molecule has 6 heteroatoms. The molecule has 4 nitrogen and oxygen atoms in total. The first-order valence-corrected chi connectivity index (χ1v) is 5.20. The molecule has 0 radical (unpaired) electrons. The van der Waals surface area contributed by atoms with Gasteiger partial charge in [0, 0.05) is 0 Å². The predicted molar refractivity (Wildman–Crippen MR) is 60.8 cm³/mol. The van der Waals surface area contributed by atoms with Crippen LogP contribution in [-0.2, 0) is 4.74 Å². The van der Waals surface area contributed by atoms with Crippen molar-refractivity contribution in [2.45, 2.75) is 0 Å². The summed E-state index contributed by atoms with van der Waals surface area (Å²) in [4.78, 5) is 22.0. The summed E-state index contributed by atoms with van der Waals surface area (Å²) in [5.41, 5.74) is -0.562. The lowest BCUT2D eigenvalue weighted by atomic mass is 10.0. The molecule has 2 aromatic rings. The highest BCUT2D eigenvalue weighted by molar-refractivity contribution is 5.96. The first-order valence-electron chi connectivity index (χ1n) is 5.20. The molecule has 0 unspecified atom stereocenters. The van der Waals surface area contributed by atoms with Crippen LogP contribution in [0, 0.1) is 11.6 Å². The molecule has 0 saturated carbocycles. The Bertz CT molecular complexity index is 646. The van der Waals surface area contributed by atoms with Crippen molar-refractivity contribution in [2.24, 2.45) is 0 Å². The van der Waals surface area contributed by atoms with Crippen molar-refractivity contribution in [3.05, 3.63) is 47.2 Å². The maximum Gasteiger partial charge on any atom is 0.338 e. The van der Waals surface area contributed by atoms with E-state index in [4.69, 9.17) is 4.42 Å². The summed E-state index contributed by atoms with van der Waals surface area (Å²) in [5.74, 6) is -3.40. The average molecular weight is 266 g/mol. The Morgan fingerprint density at radius 2 is 2.00 bits per heavy atom. The highest BCUT2D eigenvalue weighted by Gasteiger charge is 2.22. The van der Waals surface area contributed by atoms with E-state index in [0.717, 1.165) is 19.2 Å². The molecule has 1 heterocycles. The topological polar surface area (TPSA) is 56.5 Å². The van der Waals surface area contributed by atoms with E-state index in [1.165, 1.54) is 12.1 Å². The second kappa shape index (κ2) is 5.01. The van der Waals surface area contributed by atoms with Crippen LogP contribution in [0.25, 0.3) is 11.3 Å². The first-order chi connectivity index (χ1) is 9.08. The molecule has 2 rings (SSSR count). The van der Waals surface area contributed by atoms with E-state index < -0.39 is 17.6 Å². The minimum absolute atomic E-state index is 0.0607. The van der Waals surface area contributed by atoms with Gasteiger partial charge in [-0.25, -0.2) is 13.6 Å². The number of furan rings is 1. The van der Waals surface area contributed by atoms with Gasteiger partial charge >= 0.3 is 5.97 Å². The van der Waals surface area contributed by atoms with E-state index in [-0.39, 0.29) is 22.6 Å². The monoisotopic (exact) mass is 266 g/mol. The Kier molecular flexibility index (Phi) is 3.41. The minimum Gasteiger partial charge on any atom is -0.465 e. The summed E-state index contributed by atoms with van der Waals surface area (Å²) < 4.78 is 36.6. The molecule has 1 aromatic heterocycles. The average Bonchev–Trinajstić information content (AvgIpc) is 2.89. The standard InChI is InChI=1S/C13H8F2O4/c1-18-13(17)8-3-4-9(14)12(15)11(8)10-5-2-7(6-16)19-10/h2-6H,1H3. The molecule has 0 spiro atoms. The molecule has 0 atom stereocenters. The Labute approximate surface area is 106 Å². The van der Waals surface area contributed by atoms with Crippen molar-refractivity contribution in [1.29, 1.82) is 0 Å². The number of hydrogen-bond acceptors (Lipinski definition) is 4. The number of ether oxygens (including phenoxy) is 1. The molecule has 0 saturated heterocycles. The molecule has 0 fully saturated rings. The lowest BCUT2D eigenvalue weighted by Crippen LogP contribution is -2.06. The number of halogens is 2. The number of carbonyl (C=O) groups is 2. The molecule has 0 aliphatic heterocycles. The second-order valence-corrected chi connectivity index (χ2v) is 3.60. The third-order valence-electron chi connectivity index (χ3n) is 2.49. The number of benzene rings is 1. The molecular weight excluding hydrogens is 258 g/mol. The summed E-state index contributed by atoms with van der Waals surface area (Å²) >= 11 is 0. The van der Waals surface area contributed by atoms with Gasteiger partial charge < -0.3 is 9.15 Å². The highest BCUT2D eigenvalue weighted by atomic mass is 19.2. The van der Waals surface area contributed by atoms with Crippen LogP contribution in [-0.4, -0.2) is 19.4 Å². The van der Waals surface area contributed by atoms with Crippen LogP contribution in [0.5, 0.6) is 0 Å². The second-order valence-electron chi connectivity index (χ2n) is 3.60. The van der Waals surface area contributed by atoms with Gasteiger partial charge in [-0.15, -0.1) is 0 Å². The van der Waals surface area contributed by atoms with Crippen molar-refractivity contribution < 1.29 is 27.5 Å². The zero-order valence-electron chi connectivity index (χ0n) is 9.78. The Morgan fingerprint density at radius 3 is 2.58 bits per heavy atom. The van der Waals surface area contributed by atoms with Crippen LogP contribution < -0.4 is 0 Å². The van der Waals surface area contributed by atoms with E-state index in [9.17, 15) is 18.4 Å². The molecule has 0 bridgehead atoms. The largest absolute Gasteiger partial charge is 0.465 e. The lowest BCUT2D eigenvalue weighted by molar-refractivity contribution is 0.0600. The normalized spacial score (nSPS) is 10.3. The zero-order valence-corrected chi connectivity index (χ0v) is 9.78. The zero-order chi connectivity index (χ0) is 14.0. The van der Waals surface area contributed by atoms with Gasteiger partial charge in [-0.05, 0) is 24.3 Å². The van der Waals surface area contributed by atoms with Gasteiger partial charge in [0.15, 0.2) is 23.7 Å². The number of rotatable bonds is 3. The van der Waals surface area contributed by atoms with Crippen LogP contribution in [0.1, 0.15) is 20.9 Å². The van der Waals surface area contributed by atoms with Gasteiger partial charge in [0.2, 0.25) is 0 Å². The van der Waals surface area contributed by atoms with E-state index in [2.05, 4.69) is 4.74 Å². The molecule has 0 amide bonds. The fraction of sp³-hybridized carbons (Fsp3) is 0.0769. The summed E-state index contributed by atoms with van der Waals surface area (Å²) in [5, 5.41) is 0. The Balaban J connectivity index is 2.68. The predicted octanol–water partition coefficient (Wildman–Crippen LogP) is 2.82. The van der Waals surface area contributed by atoms with Gasteiger partial charge in [-0.2, -0.15) is 0 Å². The molecular formula is C13H8F2O4. The first kappa shape index (κ1) is 12.9. The van der Waals surface area contributed by atoms with Crippen LogP contribution >= 0.6 is 0 Å². The molecule has 98 valence electrons. The SMILES string of the molecule is COC(=O)c1ccc(F)c(F)c1-c1ccc(C=O)o1. The Hall–Kier alpha value is -2.50. The summed E-state index contributed by atoms with van der Waals surface area (Å²) in [6, 6.07) is 4.46. The summed E-state index contributed by atoms with van der Waals surface area (Å²) in [6.07, 6.45) is 0.415. The van der Waals surface area contributed by atoms with Gasteiger partial charge in [0.05, 0.1) is 18.2 Å². The minimum atomic E-state index is -1.24. The maximum atomic E-state index is 13.8. The van der Waals surface area contributed by atoms with Crippen LogP contribution in [0.4, 0.5) is 8.78 Å². The fourth-order valence-electron chi connectivity index (χ4n) is 1.62. The van der Waals surface area contributed by atoms with Crippen LogP contribution in [0.2, 0.25) is 0 Å². The Morgan fingerprint density at radius 1 is 1.26 bits per heavy atom. The maximum absolute atomic E-state index is 13.8. The van der Waals surface area contributed by atoms with Gasteiger partial charge in [0.25, 0.3) is 0 Å². The van der Waals surface area contributed by atoms with Crippen molar-refractivity contribution in [3.8, 4) is 11.3 Å². The van der Waals surface area contributed by atoms with E-state index in [1.54, 1.807) is 0 Å². The van der Waals surface area contributed by atoms with Crippen molar-refractivity contribution in [1.82, 2.24) is 0 Å². The fourth-order valence-corrected chi connectivity index (χ4v) is 1.62. The summed E-state index contributed by atoms with van der Waals surface area (Å²) in [7, 11) is 1.12. The number of esters is 1. The molecule has 0 aliphatic rings. The smallest absolute Gasteiger partial charge is 0.338 e. The van der Waals surface area contributed by atoms with E-state index >= 15 is 0 Å².